The molecule has 1 aromatic rings. The molecule has 0 saturated carbocycles. The van der Waals surface area contributed by atoms with Gasteiger partial charge >= 0.3 is 11.9 Å². The van der Waals surface area contributed by atoms with Crippen molar-refractivity contribution in [1.82, 2.24) is 73.4 Å². The molecule has 0 aliphatic carbocycles. The minimum atomic E-state index is -1.80. The first kappa shape index (κ1) is 82.2. The van der Waals surface area contributed by atoms with Crippen molar-refractivity contribution < 1.29 is 92.3 Å². The molecule has 1 aliphatic rings. The van der Waals surface area contributed by atoms with Crippen LogP contribution in [-0.4, -0.2) is 223 Å². The summed E-state index contributed by atoms with van der Waals surface area (Å²) in [5.74, 6) is -17.7. The summed E-state index contributed by atoms with van der Waals surface area (Å²) in [6.45, 7) is 15.3. The van der Waals surface area contributed by atoms with Crippen LogP contribution < -0.4 is 70.0 Å². The predicted octanol–water partition coefficient (Wildman–Crippen LogP) is -5.10. The average molecular weight is 1350 g/mol. The van der Waals surface area contributed by atoms with Crippen LogP contribution in [0.25, 0.3) is 0 Å². The number of aliphatic hydroxyl groups excluding tert-OH is 2. The van der Waals surface area contributed by atoms with Gasteiger partial charge in [-0.3, -0.25) is 67.1 Å². The van der Waals surface area contributed by atoms with E-state index in [2.05, 4.69) is 68.5 Å². The summed E-state index contributed by atoms with van der Waals surface area (Å²) < 4.78 is 0. The maximum atomic E-state index is 14.4. The molecule has 0 aromatic carbocycles. The Bertz CT molecular complexity index is 2820. The average Bonchev–Trinajstić information content (AvgIpc) is 1.81. The number of aliphatic hydroxyl groups is 2. The molecule has 15 atom stereocenters. The van der Waals surface area contributed by atoms with Crippen LogP contribution >= 0.6 is 0 Å². The number of hydrogen-bond acceptors (Lipinski definition) is 19. The molecule has 35 heteroatoms. The summed E-state index contributed by atoms with van der Waals surface area (Å²) in [5, 5.41) is 66.4. The maximum Gasteiger partial charge on any atom is 0.326 e. The Morgan fingerprint density at radius 2 is 1.01 bits per heavy atom. The molecule has 35 nitrogen and oxygen atoms in total. The van der Waals surface area contributed by atoms with Crippen LogP contribution in [0.1, 0.15) is 140 Å². The zero-order valence-corrected chi connectivity index (χ0v) is 55.8. The molecule has 1 fully saturated rings. The highest BCUT2D eigenvalue weighted by Crippen LogP contribution is 2.21. The van der Waals surface area contributed by atoms with E-state index in [1.165, 1.54) is 38.2 Å². The second-order valence-electron chi connectivity index (χ2n) is 24.6. The monoisotopic (exact) mass is 1350 g/mol. The van der Waals surface area contributed by atoms with E-state index in [9.17, 15) is 92.3 Å². The number of likely N-dealkylation sites (tertiary alicyclic amines) is 1. The van der Waals surface area contributed by atoms with Crippen LogP contribution in [0.3, 0.4) is 0 Å². The van der Waals surface area contributed by atoms with Gasteiger partial charge in [-0.1, -0.05) is 88.5 Å². The first-order valence-corrected chi connectivity index (χ1v) is 31.8. The minimum Gasteiger partial charge on any atom is -0.481 e. The third-order valence-electron chi connectivity index (χ3n) is 16.3. The van der Waals surface area contributed by atoms with Gasteiger partial charge in [0.1, 0.15) is 72.5 Å². The van der Waals surface area contributed by atoms with E-state index < -0.39 is 224 Å². The number of carbonyl (C=O) groups excluding carboxylic acids is 13. The van der Waals surface area contributed by atoms with Gasteiger partial charge in [0, 0.05) is 31.3 Å². The number of hydrogen-bond donors (Lipinski definition) is 18. The summed E-state index contributed by atoms with van der Waals surface area (Å²) in [7, 11) is 0. The van der Waals surface area contributed by atoms with Crippen molar-refractivity contribution in [1.29, 1.82) is 0 Å². The van der Waals surface area contributed by atoms with Crippen molar-refractivity contribution in [3.8, 4) is 0 Å². The van der Waals surface area contributed by atoms with Crippen molar-refractivity contribution in [3.63, 3.8) is 0 Å². The third-order valence-corrected chi connectivity index (χ3v) is 16.3. The van der Waals surface area contributed by atoms with Gasteiger partial charge < -0.3 is 100 Å². The number of carboxylic acid groups (broad SMARTS) is 2. The Morgan fingerprint density at radius 3 is 1.45 bits per heavy atom. The zero-order valence-electron chi connectivity index (χ0n) is 55.8. The summed E-state index contributed by atoms with van der Waals surface area (Å²) in [6.07, 6.45) is 1.75. The van der Waals surface area contributed by atoms with Crippen LogP contribution in [-0.2, 0) is 78.3 Å². The van der Waals surface area contributed by atoms with Crippen molar-refractivity contribution in [2.75, 3.05) is 26.3 Å². The van der Waals surface area contributed by atoms with E-state index in [1.807, 2.05) is 13.8 Å². The molecule has 20 N–H and O–H groups in total. The van der Waals surface area contributed by atoms with Crippen molar-refractivity contribution in [2.24, 2.45) is 41.1 Å². The van der Waals surface area contributed by atoms with Crippen LogP contribution in [0.2, 0.25) is 0 Å². The van der Waals surface area contributed by atoms with Crippen LogP contribution in [0, 0.1) is 29.6 Å². The standard InChI is InChI=1S/C60H100N16O19/c1-12-30(8)46(74-52(86)38(22-44(81)82)69-57(91)47(31(9)13-2)75-51(85)36(20-28(4)5)66-43(80)23-61)56(90)65-33(11)59(93)76-19-15-16-41(76)55(89)68-37(21-34-24-63-27-64-34)50(84)67-35(17-18-42(62)79)49(83)73-48(32(10)14-3)58(92)71-39(25-77)53(87)70-40(26-78)54(88)72-45(29(6)7)60(94)95/h24,27-33,35-41,45-48,77-78H,12-23,25-26,61H2,1-11H3,(H2,62,79)(H,63,64)(H,65,90)(H,66,80)(H,67,84)(H,68,89)(H,69,91)(H,70,87)(H,71,92)(H,72,88)(H,73,83)(H,74,86)(H,75,85)(H,81,82)(H,94,95)/t30-,31-,32-,33-,35-,36-,37-,38-,39-,40-,41-,45-,46-,47-,48-/m0/s1. The van der Waals surface area contributed by atoms with Crippen molar-refractivity contribution in [2.45, 2.75) is 213 Å². The second kappa shape index (κ2) is 40.4. The van der Waals surface area contributed by atoms with Gasteiger partial charge in [0.05, 0.1) is 32.5 Å². The van der Waals surface area contributed by atoms with Gasteiger partial charge in [0.25, 0.3) is 0 Å². The fraction of sp³-hybridized carbons (Fsp3) is 0.700. The molecule has 13 amide bonds. The Labute approximate surface area is 551 Å². The largest absolute Gasteiger partial charge is 0.481 e. The third kappa shape index (κ3) is 26.5. The fourth-order valence-corrected chi connectivity index (χ4v) is 10.00. The molecule has 0 unspecified atom stereocenters. The highest BCUT2D eigenvalue weighted by Gasteiger charge is 2.42. The second-order valence-corrected chi connectivity index (χ2v) is 24.6. The summed E-state index contributed by atoms with van der Waals surface area (Å²) >= 11 is 0. The maximum absolute atomic E-state index is 14.4. The van der Waals surface area contributed by atoms with E-state index in [-0.39, 0.29) is 51.0 Å². The molecule has 0 radical (unpaired) electrons. The SMILES string of the molecule is CC[C@H](C)[C@H](NC(=O)[C@H](CC(=O)O)NC(=O)[C@@H](NC(=O)[C@H](CC(C)C)NC(=O)CN)[C@@H](C)CC)C(=O)N[C@@H](C)C(=O)N1CCC[C@H]1C(=O)N[C@@H](Cc1cnc[nH]1)C(=O)N[C@@H](CCC(N)=O)C(=O)N[C@H](C(=O)N[C@@H](CO)C(=O)N[C@@H](CO)C(=O)N[C@H](C(=O)O)C(C)C)[C@@H](C)CC. The summed E-state index contributed by atoms with van der Waals surface area (Å²) in [6, 6.07) is -17.9. The van der Waals surface area contributed by atoms with E-state index in [4.69, 9.17) is 11.5 Å². The van der Waals surface area contributed by atoms with Gasteiger partial charge in [0.2, 0.25) is 76.8 Å². The number of aromatic nitrogens is 2. The van der Waals surface area contributed by atoms with Crippen LogP contribution in [0.15, 0.2) is 12.5 Å². The highest BCUT2D eigenvalue weighted by molar-refractivity contribution is 6.00. The number of primary amides is 1. The van der Waals surface area contributed by atoms with Crippen LogP contribution in [0.4, 0.5) is 0 Å². The topological polar surface area (TPSA) is 553 Å². The number of rotatable bonds is 42. The van der Waals surface area contributed by atoms with Gasteiger partial charge in [-0.25, -0.2) is 9.78 Å². The van der Waals surface area contributed by atoms with E-state index in [0.717, 1.165) is 0 Å². The lowest BCUT2D eigenvalue weighted by molar-refractivity contribution is -0.144. The lowest BCUT2D eigenvalue weighted by atomic mass is 9.95. The number of imidazole rings is 1. The normalized spacial score (nSPS) is 17.3. The first-order valence-electron chi connectivity index (χ1n) is 31.8. The zero-order chi connectivity index (χ0) is 72.1. The van der Waals surface area contributed by atoms with Gasteiger partial charge in [-0.05, 0) is 62.2 Å². The highest BCUT2D eigenvalue weighted by atomic mass is 16.4. The smallest absolute Gasteiger partial charge is 0.326 e. The lowest BCUT2D eigenvalue weighted by Gasteiger charge is -2.31. The summed E-state index contributed by atoms with van der Waals surface area (Å²) in [5.41, 5.74) is 11.2. The van der Waals surface area contributed by atoms with Gasteiger partial charge in [-0.15, -0.1) is 0 Å². The first-order chi connectivity index (χ1) is 44.6. The number of nitrogens with two attached hydrogens (primary N) is 2. The lowest BCUT2D eigenvalue weighted by Crippen LogP contribution is -2.62. The number of nitrogens with zero attached hydrogens (tertiary/aromatic N) is 2. The molecule has 0 spiro atoms. The molecule has 2 rings (SSSR count). The van der Waals surface area contributed by atoms with Gasteiger partial charge in [0.15, 0.2) is 0 Å². The Balaban J connectivity index is 2.39. The number of aliphatic carboxylic acids is 2. The molecule has 1 aliphatic heterocycles. The minimum absolute atomic E-state index is 0.00673. The molecule has 1 saturated heterocycles. The molecule has 95 heavy (non-hydrogen) atoms. The molecular weight excluding hydrogens is 1250 g/mol. The molecule has 0 bridgehead atoms. The Hall–Kier alpha value is -8.86. The quantitative estimate of drug-likeness (QED) is 0.0291. The predicted molar refractivity (Wildman–Crippen MR) is 338 cm³/mol. The Morgan fingerprint density at radius 1 is 0.568 bits per heavy atom. The number of carbonyl (C=O) groups is 15. The van der Waals surface area contributed by atoms with Crippen molar-refractivity contribution >= 4 is 88.7 Å². The van der Waals surface area contributed by atoms with E-state index in [0.29, 0.717) is 12.1 Å². The molecule has 2 heterocycles. The van der Waals surface area contributed by atoms with Gasteiger partial charge in [-0.2, -0.15) is 0 Å². The van der Waals surface area contributed by atoms with Crippen LogP contribution in [0.5, 0.6) is 0 Å². The number of H-pyrrole nitrogens is 1. The number of nitrogens with one attached hydrogen (secondary N) is 12. The van der Waals surface area contributed by atoms with E-state index in [1.54, 1.807) is 41.5 Å². The van der Waals surface area contributed by atoms with Crippen molar-refractivity contribution in [3.05, 3.63) is 18.2 Å². The molecule has 534 valence electrons. The molecular formula is C60H100N16O19. The number of amides is 13. The molecule has 1 aromatic heterocycles. The number of aromatic amines is 1. The number of carboxylic acids is 2. The Kier molecular flexibility index (Phi) is 35.0. The van der Waals surface area contributed by atoms with E-state index >= 15 is 0 Å². The fourth-order valence-electron chi connectivity index (χ4n) is 10.00. The summed E-state index contributed by atoms with van der Waals surface area (Å²) in [4.78, 5) is 209.